The summed E-state index contributed by atoms with van der Waals surface area (Å²) in [4.78, 5) is 9.54. The van der Waals surface area contributed by atoms with Gasteiger partial charge in [0.05, 0.1) is 6.61 Å². The van der Waals surface area contributed by atoms with Crippen LogP contribution in [-0.4, -0.2) is 17.9 Å². The molecule has 0 aromatic rings. The van der Waals surface area contributed by atoms with Crippen LogP contribution < -0.4 is 0 Å². The van der Waals surface area contributed by atoms with E-state index in [1.165, 1.54) is 12.8 Å². The highest BCUT2D eigenvalue weighted by molar-refractivity contribution is 5.56. The Labute approximate surface area is 68.4 Å². The lowest BCUT2D eigenvalue weighted by atomic mass is 10.4. The molecule has 0 aliphatic carbocycles. The van der Waals surface area contributed by atoms with Crippen molar-refractivity contribution in [2.45, 2.75) is 40.0 Å². The van der Waals surface area contributed by atoms with Crippen molar-refractivity contribution in [1.82, 2.24) is 0 Å². The standard InChI is InChI=1S/C4H8O3.C4H10/c1-2-3-7-4(5)6;1-3-4-2/h2-3H2,1H3,(H,5,6);3-4H2,1-2H3. The van der Waals surface area contributed by atoms with Gasteiger partial charge in [-0.2, -0.15) is 0 Å². The topological polar surface area (TPSA) is 46.5 Å². The van der Waals surface area contributed by atoms with E-state index in [9.17, 15) is 4.79 Å². The Bertz CT molecular complexity index is 79.4. The highest BCUT2D eigenvalue weighted by Gasteiger charge is 1.89. The normalized spacial score (nSPS) is 7.91. The Balaban J connectivity index is 0. The second-order valence-electron chi connectivity index (χ2n) is 2.11. The SMILES string of the molecule is CCCC.CCCOC(=O)O. The quantitative estimate of drug-likeness (QED) is 0.649. The molecule has 0 heterocycles. The van der Waals surface area contributed by atoms with Crippen molar-refractivity contribution in [2.24, 2.45) is 0 Å². The Kier molecular flexibility index (Phi) is 14.1. The van der Waals surface area contributed by atoms with Crippen molar-refractivity contribution in [3.8, 4) is 0 Å². The van der Waals surface area contributed by atoms with Gasteiger partial charge in [-0.1, -0.05) is 33.6 Å². The molecule has 0 rings (SSSR count). The lowest BCUT2D eigenvalue weighted by Gasteiger charge is -1.91. The van der Waals surface area contributed by atoms with Gasteiger partial charge >= 0.3 is 6.16 Å². The molecule has 0 spiro atoms. The Morgan fingerprint density at radius 2 is 1.64 bits per heavy atom. The van der Waals surface area contributed by atoms with Crippen LogP contribution in [0.5, 0.6) is 0 Å². The molecule has 0 saturated carbocycles. The summed E-state index contributed by atoms with van der Waals surface area (Å²) in [6.45, 7) is 6.51. The van der Waals surface area contributed by atoms with E-state index in [0.29, 0.717) is 6.61 Å². The van der Waals surface area contributed by atoms with Gasteiger partial charge in [-0.3, -0.25) is 0 Å². The third-order valence-electron chi connectivity index (χ3n) is 0.930. The minimum absolute atomic E-state index is 0.301. The number of hydrogen-bond acceptors (Lipinski definition) is 2. The molecule has 0 aliphatic rings. The zero-order valence-electron chi connectivity index (χ0n) is 7.59. The molecule has 0 fully saturated rings. The molecule has 0 aromatic carbocycles. The van der Waals surface area contributed by atoms with E-state index in [4.69, 9.17) is 5.11 Å². The van der Waals surface area contributed by atoms with Gasteiger partial charge in [0.2, 0.25) is 0 Å². The van der Waals surface area contributed by atoms with Crippen molar-refractivity contribution in [1.29, 1.82) is 0 Å². The highest BCUT2D eigenvalue weighted by Crippen LogP contribution is 1.78. The minimum Gasteiger partial charge on any atom is -0.450 e. The summed E-state index contributed by atoms with van der Waals surface area (Å²) in [5.74, 6) is 0. The second-order valence-corrected chi connectivity index (χ2v) is 2.11. The Hall–Kier alpha value is -0.730. The molecular weight excluding hydrogens is 144 g/mol. The summed E-state index contributed by atoms with van der Waals surface area (Å²) >= 11 is 0. The zero-order chi connectivity index (χ0) is 9.11. The van der Waals surface area contributed by atoms with E-state index in [1.54, 1.807) is 0 Å². The van der Waals surface area contributed by atoms with E-state index >= 15 is 0 Å². The predicted octanol–water partition coefficient (Wildman–Crippen LogP) is 2.90. The molecule has 3 nitrogen and oxygen atoms in total. The van der Waals surface area contributed by atoms with Crippen molar-refractivity contribution in [3.63, 3.8) is 0 Å². The lowest BCUT2D eigenvalue weighted by Crippen LogP contribution is -1.99. The number of hydrogen-bond donors (Lipinski definition) is 1. The maximum Gasteiger partial charge on any atom is 0.505 e. The molecule has 0 atom stereocenters. The summed E-state index contributed by atoms with van der Waals surface area (Å²) in [5, 5.41) is 7.82. The Morgan fingerprint density at radius 3 is 1.73 bits per heavy atom. The lowest BCUT2D eigenvalue weighted by molar-refractivity contribution is 0.0918. The molecule has 0 radical (unpaired) electrons. The molecule has 0 amide bonds. The van der Waals surface area contributed by atoms with Crippen LogP contribution >= 0.6 is 0 Å². The van der Waals surface area contributed by atoms with Crippen LogP contribution in [0.2, 0.25) is 0 Å². The van der Waals surface area contributed by atoms with Gasteiger partial charge in [0.1, 0.15) is 0 Å². The number of rotatable bonds is 3. The molecule has 11 heavy (non-hydrogen) atoms. The van der Waals surface area contributed by atoms with Crippen molar-refractivity contribution < 1.29 is 14.6 Å². The maximum atomic E-state index is 9.54. The summed E-state index contributed by atoms with van der Waals surface area (Å²) in [7, 11) is 0. The fraction of sp³-hybridized carbons (Fsp3) is 0.875. The first-order chi connectivity index (χ1) is 5.18. The summed E-state index contributed by atoms with van der Waals surface area (Å²) < 4.78 is 4.11. The number of carboxylic acid groups (broad SMARTS) is 1. The Morgan fingerprint density at radius 1 is 1.18 bits per heavy atom. The third kappa shape index (κ3) is 26.9. The van der Waals surface area contributed by atoms with Crippen LogP contribution in [0, 0.1) is 0 Å². The molecule has 68 valence electrons. The van der Waals surface area contributed by atoms with Gasteiger partial charge < -0.3 is 9.84 Å². The van der Waals surface area contributed by atoms with Gasteiger partial charge in [-0.15, -0.1) is 0 Å². The summed E-state index contributed by atoms with van der Waals surface area (Å²) in [6, 6.07) is 0. The number of carbonyl (C=O) groups is 1. The first kappa shape index (κ1) is 12.9. The zero-order valence-corrected chi connectivity index (χ0v) is 7.59. The fourth-order valence-corrected chi connectivity index (χ4v) is 0.189. The van der Waals surface area contributed by atoms with Crippen LogP contribution in [-0.2, 0) is 4.74 Å². The monoisotopic (exact) mass is 162 g/mol. The molecule has 0 aliphatic heterocycles. The first-order valence-electron chi connectivity index (χ1n) is 4.04. The highest BCUT2D eigenvalue weighted by atomic mass is 16.7. The van der Waals surface area contributed by atoms with Crippen LogP contribution in [0.4, 0.5) is 4.79 Å². The van der Waals surface area contributed by atoms with Gasteiger partial charge in [0.25, 0.3) is 0 Å². The smallest absolute Gasteiger partial charge is 0.450 e. The fourth-order valence-electron chi connectivity index (χ4n) is 0.189. The van der Waals surface area contributed by atoms with Gasteiger partial charge in [0.15, 0.2) is 0 Å². The van der Waals surface area contributed by atoms with Crippen LogP contribution in [0.1, 0.15) is 40.0 Å². The molecular formula is C8H18O3. The molecule has 1 N–H and O–H groups in total. The van der Waals surface area contributed by atoms with Gasteiger partial charge in [-0.25, -0.2) is 4.79 Å². The summed E-state index contributed by atoms with van der Waals surface area (Å²) in [6.07, 6.45) is 2.19. The van der Waals surface area contributed by atoms with E-state index < -0.39 is 6.16 Å². The molecule has 0 bridgehead atoms. The van der Waals surface area contributed by atoms with Crippen LogP contribution in [0.3, 0.4) is 0 Å². The first-order valence-corrected chi connectivity index (χ1v) is 4.04. The number of ether oxygens (including phenoxy) is 1. The van der Waals surface area contributed by atoms with Crippen molar-refractivity contribution >= 4 is 6.16 Å². The minimum atomic E-state index is -1.19. The predicted molar refractivity (Wildman–Crippen MR) is 44.8 cm³/mol. The largest absolute Gasteiger partial charge is 0.505 e. The third-order valence-corrected chi connectivity index (χ3v) is 0.930. The molecule has 0 unspecified atom stereocenters. The average molecular weight is 162 g/mol. The van der Waals surface area contributed by atoms with Crippen molar-refractivity contribution in [2.75, 3.05) is 6.61 Å². The molecule has 3 heteroatoms. The van der Waals surface area contributed by atoms with E-state index in [0.717, 1.165) is 6.42 Å². The van der Waals surface area contributed by atoms with Crippen LogP contribution in [0.25, 0.3) is 0 Å². The molecule has 0 saturated heterocycles. The van der Waals surface area contributed by atoms with Crippen molar-refractivity contribution in [3.05, 3.63) is 0 Å². The van der Waals surface area contributed by atoms with Crippen LogP contribution in [0.15, 0.2) is 0 Å². The van der Waals surface area contributed by atoms with Gasteiger partial charge in [-0.05, 0) is 6.42 Å². The number of unbranched alkanes of at least 4 members (excludes halogenated alkanes) is 1. The van der Waals surface area contributed by atoms with E-state index in [1.807, 2.05) is 6.92 Å². The van der Waals surface area contributed by atoms with Gasteiger partial charge in [0, 0.05) is 0 Å². The summed E-state index contributed by atoms with van der Waals surface area (Å²) in [5.41, 5.74) is 0. The average Bonchev–Trinajstić information content (AvgIpc) is 2.01. The molecule has 0 aromatic heterocycles. The maximum absolute atomic E-state index is 9.54. The van der Waals surface area contributed by atoms with E-state index in [-0.39, 0.29) is 0 Å². The second kappa shape index (κ2) is 12.0. The van der Waals surface area contributed by atoms with E-state index in [2.05, 4.69) is 18.6 Å².